The number of aliphatic carboxylic acids is 1. The van der Waals surface area contributed by atoms with Crippen molar-refractivity contribution in [3.63, 3.8) is 0 Å². The number of carboxylic acid groups (broad SMARTS) is 1. The quantitative estimate of drug-likeness (QED) is 0.326. The standard InChI is InChI=1S/C4H7NO6S.C2H7NO/c5-3(6)1-2(4(7)8)12(9,10)11;3-1-2-4/h2H,1H2,(H2,5,6)(H,7,8)(H,9,10,11);4H,1-3H2. The molecule has 0 fully saturated rings. The van der Waals surface area contributed by atoms with Crippen LogP contribution in [0.1, 0.15) is 6.42 Å². The first-order chi connectivity index (χ1) is 7.16. The van der Waals surface area contributed by atoms with Gasteiger partial charge in [-0.05, 0) is 0 Å². The van der Waals surface area contributed by atoms with Crippen LogP contribution in [-0.4, -0.2) is 53.5 Å². The lowest BCUT2D eigenvalue weighted by Gasteiger charge is -2.04. The Morgan fingerprint density at radius 3 is 1.75 bits per heavy atom. The molecule has 7 N–H and O–H groups in total. The second kappa shape index (κ2) is 7.98. The van der Waals surface area contributed by atoms with E-state index in [1.807, 2.05) is 0 Å². The maximum absolute atomic E-state index is 10.3. The molecule has 0 rings (SSSR count). The summed E-state index contributed by atoms with van der Waals surface area (Å²) in [6, 6.07) is 0. The van der Waals surface area contributed by atoms with E-state index < -0.39 is 33.7 Å². The fraction of sp³-hybridized carbons (Fsp3) is 0.667. The van der Waals surface area contributed by atoms with E-state index in [4.69, 9.17) is 20.5 Å². The lowest BCUT2D eigenvalue weighted by Crippen LogP contribution is -2.34. The summed E-state index contributed by atoms with van der Waals surface area (Å²) in [4.78, 5) is 20.3. The maximum Gasteiger partial charge on any atom is 0.324 e. The van der Waals surface area contributed by atoms with Gasteiger partial charge in [0.2, 0.25) is 5.91 Å². The summed E-state index contributed by atoms with van der Waals surface area (Å²) in [6.07, 6.45) is -0.936. The van der Waals surface area contributed by atoms with Crippen LogP contribution in [0.4, 0.5) is 0 Å². The molecule has 0 bridgehead atoms. The Hall–Kier alpha value is -1.23. The maximum atomic E-state index is 10.3. The van der Waals surface area contributed by atoms with Crippen LogP contribution in [0.2, 0.25) is 0 Å². The zero-order valence-corrected chi connectivity index (χ0v) is 9.05. The van der Waals surface area contributed by atoms with Crippen molar-refractivity contribution in [2.24, 2.45) is 11.5 Å². The van der Waals surface area contributed by atoms with Gasteiger partial charge in [0, 0.05) is 6.54 Å². The molecule has 0 saturated heterocycles. The van der Waals surface area contributed by atoms with E-state index >= 15 is 0 Å². The van der Waals surface area contributed by atoms with Gasteiger partial charge in [-0.2, -0.15) is 8.42 Å². The molecule has 1 unspecified atom stereocenters. The highest BCUT2D eigenvalue weighted by Crippen LogP contribution is 2.03. The highest BCUT2D eigenvalue weighted by Gasteiger charge is 2.32. The molecule has 0 aromatic carbocycles. The number of rotatable bonds is 5. The number of carbonyl (C=O) groups excluding carboxylic acids is 1. The third kappa shape index (κ3) is 9.33. The average molecular weight is 258 g/mol. The lowest BCUT2D eigenvalue weighted by molar-refractivity contribution is -0.138. The SMILES string of the molecule is NC(=O)CC(C(=O)O)S(=O)(=O)O.NCCO. The summed E-state index contributed by atoms with van der Waals surface area (Å²) in [5.74, 6) is -2.92. The first-order valence-electron chi connectivity index (χ1n) is 3.95. The van der Waals surface area contributed by atoms with E-state index in [9.17, 15) is 18.0 Å². The molecular formula is C6H14N2O7S. The van der Waals surface area contributed by atoms with Crippen LogP contribution >= 0.6 is 0 Å². The van der Waals surface area contributed by atoms with Gasteiger partial charge >= 0.3 is 5.97 Å². The molecule has 0 aliphatic rings. The van der Waals surface area contributed by atoms with Crippen LogP contribution in [0.25, 0.3) is 0 Å². The summed E-state index contributed by atoms with van der Waals surface area (Å²) in [5.41, 5.74) is 9.33. The van der Waals surface area contributed by atoms with Crippen molar-refractivity contribution >= 4 is 22.0 Å². The van der Waals surface area contributed by atoms with Crippen LogP contribution in [0.5, 0.6) is 0 Å². The molecule has 1 amide bonds. The molecular weight excluding hydrogens is 244 g/mol. The number of nitrogens with two attached hydrogens (primary N) is 2. The molecule has 1 atom stereocenters. The van der Waals surface area contributed by atoms with Gasteiger partial charge in [0.15, 0.2) is 5.25 Å². The van der Waals surface area contributed by atoms with Gasteiger partial charge in [0.1, 0.15) is 0 Å². The summed E-state index contributed by atoms with van der Waals surface area (Å²) in [7, 11) is -4.76. The highest BCUT2D eigenvalue weighted by atomic mass is 32.2. The first-order valence-corrected chi connectivity index (χ1v) is 5.45. The molecule has 16 heavy (non-hydrogen) atoms. The average Bonchev–Trinajstić information content (AvgIpc) is 2.12. The molecule has 10 heteroatoms. The van der Waals surface area contributed by atoms with Crippen LogP contribution in [0, 0.1) is 0 Å². The summed E-state index contributed by atoms with van der Waals surface area (Å²) in [5, 5.41) is 13.8. The minimum absolute atomic E-state index is 0.0972. The fourth-order valence-corrected chi connectivity index (χ4v) is 1.13. The first kappa shape index (κ1) is 17.2. The van der Waals surface area contributed by atoms with E-state index in [0.717, 1.165) is 0 Å². The number of carboxylic acids is 1. The Bertz CT molecular complexity index is 324. The number of hydrogen-bond acceptors (Lipinski definition) is 6. The largest absolute Gasteiger partial charge is 0.480 e. The molecule has 0 aromatic heterocycles. The second-order valence-corrected chi connectivity index (χ2v) is 4.12. The van der Waals surface area contributed by atoms with E-state index in [1.54, 1.807) is 0 Å². The molecule has 0 aliphatic carbocycles. The number of aliphatic hydroxyl groups excluding tert-OH is 1. The van der Waals surface area contributed by atoms with Gasteiger partial charge in [-0.15, -0.1) is 0 Å². The summed E-state index contributed by atoms with van der Waals surface area (Å²) in [6.45, 7) is 0.472. The Balaban J connectivity index is 0. The molecule has 0 aromatic rings. The number of hydrogen-bond donors (Lipinski definition) is 5. The van der Waals surface area contributed by atoms with Gasteiger partial charge < -0.3 is 21.7 Å². The number of amides is 1. The molecule has 0 spiro atoms. The fourth-order valence-electron chi connectivity index (χ4n) is 0.503. The smallest absolute Gasteiger partial charge is 0.324 e. The van der Waals surface area contributed by atoms with Crippen LogP contribution in [-0.2, 0) is 19.7 Å². The lowest BCUT2D eigenvalue weighted by atomic mass is 10.3. The van der Waals surface area contributed by atoms with Gasteiger partial charge in [0.25, 0.3) is 10.1 Å². The monoisotopic (exact) mass is 258 g/mol. The Labute approximate surface area is 91.8 Å². The summed E-state index contributed by atoms with van der Waals surface area (Å²) < 4.78 is 28.8. The second-order valence-electron chi connectivity index (χ2n) is 2.52. The molecule has 0 saturated carbocycles. The Morgan fingerprint density at radius 1 is 1.31 bits per heavy atom. The van der Waals surface area contributed by atoms with Gasteiger partial charge in [-0.1, -0.05) is 0 Å². The molecule has 96 valence electrons. The van der Waals surface area contributed by atoms with Crippen molar-refractivity contribution in [3.05, 3.63) is 0 Å². The van der Waals surface area contributed by atoms with E-state index in [0.29, 0.717) is 6.54 Å². The van der Waals surface area contributed by atoms with E-state index in [1.165, 1.54) is 0 Å². The van der Waals surface area contributed by atoms with E-state index in [2.05, 4.69) is 5.73 Å². The topological polar surface area (TPSA) is 181 Å². The van der Waals surface area contributed by atoms with Gasteiger partial charge in [-0.3, -0.25) is 14.1 Å². The van der Waals surface area contributed by atoms with Crippen LogP contribution in [0.3, 0.4) is 0 Å². The zero-order valence-electron chi connectivity index (χ0n) is 8.24. The third-order valence-corrected chi connectivity index (χ3v) is 2.24. The minimum atomic E-state index is -4.76. The Kier molecular flexibility index (Phi) is 8.57. The summed E-state index contributed by atoms with van der Waals surface area (Å²) >= 11 is 0. The third-order valence-electron chi connectivity index (χ3n) is 1.15. The van der Waals surface area contributed by atoms with Crippen LogP contribution < -0.4 is 11.5 Å². The van der Waals surface area contributed by atoms with Gasteiger partial charge in [-0.25, -0.2) is 0 Å². The van der Waals surface area contributed by atoms with Crippen molar-refractivity contribution in [1.29, 1.82) is 0 Å². The van der Waals surface area contributed by atoms with Crippen molar-refractivity contribution in [3.8, 4) is 0 Å². The molecule has 9 nitrogen and oxygen atoms in total. The number of aliphatic hydroxyl groups is 1. The van der Waals surface area contributed by atoms with Crippen molar-refractivity contribution in [2.45, 2.75) is 11.7 Å². The molecule has 0 aliphatic heterocycles. The van der Waals surface area contributed by atoms with E-state index in [-0.39, 0.29) is 6.61 Å². The Morgan fingerprint density at radius 2 is 1.69 bits per heavy atom. The molecule has 0 radical (unpaired) electrons. The number of carbonyl (C=O) groups is 2. The van der Waals surface area contributed by atoms with Crippen molar-refractivity contribution in [2.75, 3.05) is 13.2 Å². The minimum Gasteiger partial charge on any atom is -0.480 e. The molecule has 0 heterocycles. The predicted octanol–water partition coefficient (Wildman–Crippen LogP) is -2.86. The normalized spacial score (nSPS) is 12.2. The van der Waals surface area contributed by atoms with Gasteiger partial charge in [0.05, 0.1) is 13.0 Å². The van der Waals surface area contributed by atoms with Crippen LogP contribution in [0.15, 0.2) is 0 Å². The van der Waals surface area contributed by atoms with Crippen molar-refractivity contribution < 1.29 is 32.8 Å². The highest BCUT2D eigenvalue weighted by molar-refractivity contribution is 7.87. The zero-order chi connectivity index (χ0) is 13.4. The predicted molar refractivity (Wildman–Crippen MR) is 52.9 cm³/mol. The van der Waals surface area contributed by atoms with Crippen molar-refractivity contribution in [1.82, 2.24) is 0 Å². The number of primary amides is 1.